The summed E-state index contributed by atoms with van der Waals surface area (Å²) >= 11 is 0. The van der Waals surface area contributed by atoms with Gasteiger partial charge in [-0.1, -0.05) is 0 Å². The number of ketones is 1. The summed E-state index contributed by atoms with van der Waals surface area (Å²) in [6.07, 6.45) is -11.2. The first-order chi connectivity index (χ1) is 18.2. The molecule has 1 saturated heterocycles. The van der Waals surface area contributed by atoms with Crippen LogP contribution < -0.4 is 23.7 Å². The average Bonchev–Trinajstić information content (AvgIpc) is 2.93. The minimum Gasteiger partial charge on any atom is -0.497 e. The van der Waals surface area contributed by atoms with Crippen molar-refractivity contribution in [3.05, 3.63) is 41.5 Å². The van der Waals surface area contributed by atoms with Crippen molar-refractivity contribution in [2.45, 2.75) is 48.7 Å². The van der Waals surface area contributed by atoms with E-state index in [0.29, 0.717) is 5.75 Å². The Hall–Kier alpha value is -3.17. The van der Waals surface area contributed by atoms with Crippen molar-refractivity contribution in [1.29, 1.82) is 0 Å². The van der Waals surface area contributed by atoms with Gasteiger partial charge < -0.3 is 58.7 Å². The van der Waals surface area contributed by atoms with Gasteiger partial charge in [-0.15, -0.1) is 0 Å². The number of benzene rings is 2. The number of hydrogen-bond donors (Lipinski definition) is 5. The van der Waals surface area contributed by atoms with Crippen LogP contribution in [0.1, 0.15) is 15.9 Å². The Morgan fingerprint density at radius 2 is 1.58 bits per heavy atom. The predicted octanol–water partition coefficient (Wildman–Crippen LogP) is -0.921. The maximum atomic E-state index is 13.8. The van der Waals surface area contributed by atoms with Gasteiger partial charge in [0, 0.05) is 17.7 Å². The van der Waals surface area contributed by atoms with Crippen LogP contribution in [0.3, 0.4) is 0 Å². The molecule has 13 heteroatoms. The predicted molar refractivity (Wildman–Crippen MR) is 124 cm³/mol. The Morgan fingerprint density at radius 1 is 0.868 bits per heavy atom. The van der Waals surface area contributed by atoms with Crippen LogP contribution in [0, 0.1) is 0 Å². The van der Waals surface area contributed by atoms with E-state index in [2.05, 4.69) is 0 Å². The largest absolute Gasteiger partial charge is 0.497 e. The molecule has 8 atom stereocenters. The van der Waals surface area contributed by atoms with Crippen molar-refractivity contribution >= 4 is 5.78 Å². The summed E-state index contributed by atoms with van der Waals surface area (Å²) in [5.74, 6) is 0.171. The van der Waals surface area contributed by atoms with Gasteiger partial charge in [-0.25, -0.2) is 0 Å². The molecule has 0 saturated carbocycles. The van der Waals surface area contributed by atoms with Crippen LogP contribution in [0.15, 0.2) is 30.3 Å². The lowest BCUT2D eigenvalue weighted by molar-refractivity contribution is -0.344. The van der Waals surface area contributed by atoms with Crippen LogP contribution in [0.25, 0.3) is 0 Å². The van der Waals surface area contributed by atoms with E-state index in [0.717, 1.165) is 0 Å². The quantitative estimate of drug-likeness (QED) is 0.306. The summed E-state index contributed by atoms with van der Waals surface area (Å²) in [6, 6.07) is 7.24. The van der Waals surface area contributed by atoms with Crippen LogP contribution in [0.4, 0.5) is 0 Å². The number of aliphatic hydroxyl groups is 5. The summed E-state index contributed by atoms with van der Waals surface area (Å²) in [4.78, 5) is 13.8. The fourth-order valence-corrected chi connectivity index (χ4v) is 4.85. The number of hydrogen-bond acceptors (Lipinski definition) is 13. The van der Waals surface area contributed by atoms with E-state index in [1.807, 2.05) is 0 Å². The number of carbonyl (C=O) groups excluding carboxylic acids is 1. The van der Waals surface area contributed by atoms with Gasteiger partial charge in [-0.3, -0.25) is 4.79 Å². The lowest BCUT2D eigenvalue weighted by Crippen LogP contribution is -2.65. The van der Waals surface area contributed by atoms with Crippen molar-refractivity contribution in [1.82, 2.24) is 0 Å². The maximum absolute atomic E-state index is 13.8. The summed E-state index contributed by atoms with van der Waals surface area (Å²) in [7, 11) is 4.22. The fourth-order valence-electron chi connectivity index (χ4n) is 4.85. The van der Waals surface area contributed by atoms with Crippen molar-refractivity contribution in [3.8, 4) is 28.7 Å². The zero-order valence-electron chi connectivity index (χ0n) is 20.6. The molecule has 0 aromatic heterocycles. The van der Waals surface area contributed by atoms with Gasteiger partial charge in [0.15, 0.2) is 23.4 Å². The van der Waals surface area contributed by atoms with Crippen LogP contribution in [-0.2, 0) is 15.1 Å². The smallest absolute Gasteiger partial charge is 0.243 e. The van der Waals surface area contributed by atoms with E-state index in [1.54, 1.807) is 6.07 Å². The monoisotopic (exact) mass is 536 g/mol. The number of Topliss-reactive ketones (excluding diaryl/α,β-unsaturated/α-hetero) is 1. The standard InChI is InChI=1S/C25H28O13/c1-32-10-4-5-11-13(6-10)35-22-24(38-23-20(29)19(28)18(27)17(9-26)37-23)36-14-8-16(34-3)15(33-2)7-12(14)25(22,31)21(11)30/h4-8,17-20,22-24,26-29,31H,9H2,1-3H3. The summed E-state index contributed by atoms with van der Waals surface area (Å²) in [5.41, 5.74) is -2.29. The molecule has 2 aromatic carbocycles. The van der Waals surface area contributed by atoms with E-state index in [4.69, 9.17) is 33.2 Å². The minimum absolute atomic E-state index is 0.00935. The molecule has 38 heavy (non-hydrogen) atoms. The first kappa shape index (κ1) is 26.4. The molecular formula is C25H28O13. The molecule has 0 aliphatic carbocycles. The number of fused-ring (bicyclic) bond motifs is 4. The van der Waals surface area contributed by atoms with Crippen LogP contribution in [0.2, 0.25) is 0 Å². The lowest BCUT2D eigenvalue weighted by atomic mass is 9.77. The SMILES string of the molecule is COc1ccc2c(c1)OC1C(OC3OC(CO)C(O)C(O)C3O)Oc3cc(OC)c(OC)cc3C1(O)C2=O. The Balaban J connectivity index is 1.61. The van der Waals surface area contributed by atoms with E-state index in [1.165, 1.54) is 45.6 Å². The molecule has 3 aliphatic rings. The second-order valence-corrected chi connectivity index (χ2v) is 9.02. The first-order valence-corrected chi connectivity index (χ1v) is 11.7. The number of carbonyl (C=O) groups is 1. The third-order valence-corrected chi connectivity index (χ3v) is 6.95. The first-order valence-electron chi connectivity index (χ1n) is 11.7. The number of rotatable bonds is 6. The Kier molecular flexibility index (Phi) is 6.86. The molecule has 206 valence electrons. The highest BCUT2D eigenvalue weighted by atomic mass is 16.8. The minimum atomic E-state index is -2.37. The molecule has 5 rings (SSSR count). The Bertz CT molecular complexity index is 1220. The molecule has 3 heterocycles. The third kappa shape index (κ3) is 3.94. The van der Waals surface area contributed by atoms with Crippen molar-refractivity contribution in [2.75, 3.05) is 27.9 Å². The molecular weight excluding hydrogens is 508 g/mol. The van der Waals surface area contributed by atoms with Gasteiger partial charge in [0.2, 0.25) is 18.2 Å². The molecule has 0 amide bonds. The highest BCUT2D eigenvalue weighted by Gasteiger charge is 2.61. The van der Waals surface area contributed by atoms with E-state index in [9.17, 15) is 30.3 Å². The highest BCUT2D eigenvalue weighted by Crippen LogP contribution is 2.51. The molecule has 3 aliphatic heterocycles. The number of aliphatic hydroxyl groups excluding tert-OH is 4. The highest BCUT2D eigenvalue weighted by molar-refractivity contribution is 6.07. The van der Waals surface area contributed by atoms with Gasteiger partial charge in [0.05, 0.1) is 33.5 Å². The van der Waals surface area contributed by atoms with Crippen LogP contribution in [-0.4, -0.2) is 102 Å². The molecule has 2 aromatic rings. The molecule has 1 fully saturated rings. The zero-order chi connectivity index (χ0) is 27.4. The van der Waals surface area contributed by atoms with Gasteiger partial charge >= 0.3 is 0 Å². The Morgan fingerprint density at radius 3 is 2.24 bits per heavy atom. The third-order valence-electron chi connectivity index (χ3n) is 6.95. The normalized spacial score (nSPS) is 33.7. The van der Waals surface area contributed by atoms with Crippen LogP contribution >= 0.6 is 0 Å². The maximum Gasteiger partial charge on any atom is 0.243 e. The lowest BCUT2D eigenvalue weighted by Gasteiger charge is -2.48. The molecule has 5 N–H and O–H groups in total. The van der Waals surface area contributed by atoms with Gasteiger partial charge in [0.25, 0.3) is 0 Å². The molecule has 13 nitrogen and oxygen atoms in total. The van der Waals surface area contributed by atoms with Crippen molar-refractivity contribution < 1.29 is 63.5 Å². The molecule has 0 bridgehead atoms. The number of ether oxygens (including phenoxy) is 7. The van der Waals surface area contributed by atoms with Crippen molar-refractivity contribution in [3.63, 3.8) is 0 Å². The van der Waals surface area contributed by atoms with Gasteiger partial charge in [-0.2, -0.15) is 0 Å². The second-order valence-electron chi connectivity index (χ2n) is 9.02. The van der Waals surface area contributed by atoms with Gasteiger partial charge in [-0.05, 0) is 18.2 Å². The van der Waals surface area contributed by atoms with Crippen molar-refractivity contribution in [2.24, 2.45) is 0 Å². The second kappa shape index (κ2) is 9.85. The van der Waals surface area contributed by atoms with E-state index >= 15 is 0 Å². The van der Waals surface area contributed by atoms with Gasteiger partial charge in [0.1, 0.15) is 41.7 Å². The van der Waals surface area contributed by atoms with Crippen LogP contribution in [0.5, 0.6) is 28.7 Å². The number of methoxy groups -OCH3 is 3. The molecule has 0 radical (unpaired) electrons. The summed E-state index contributed by atoms with van der Waals surface area (Å²) in [5, 5.41) is 52.4. The van der Waals surface area contributed by atoms with E-state index < -0.39 is 61.1 Å². The molecule has 0 spiro atoms. The van der Waals surface area contributed by atoms with E-state index in [-0.39, 0.29) is 34.1 Å². The topological polar surface area (TPSA) is 183 Å². The average molecular weight is 536 g/mol. The Labute approximate surface area is 216 Å². The summed E-state index contributed by atoms with van der Waals surface area (Å²) in [6.45, 7) is -0.689. The summed E-state index contributed by atoms with van der Waals surface area (Å²) < 4.78 is 39.2. The zero-order valence-corrected chi connectivity index (χ0v) is 20.6. The fraction of sp³-hybridized carbons (Fsp3) is 0.480. The molecule has 8 unspecified atom stereocenters.